The predicted octanol–water partition coefficient (Wildman–Crippen LogP) is 2.21. The number of carbonyl (C=O) groups excluding carboxylic acids is 1. The molecule has 0 saturated carbocycles. The van der Waals surface area contributed by atoms with Gasteiger partial charge in [0.15, 0.2) is 0 Å². The first-order valence-corrected chi connectivity index (χ1v) is 6.32. The van der Waals surface area contributed by atoms with Crippen molar-refractivity contribution >= 4 is 6.09 Å². The number of rotatable bonds is 4. The third kappa shape index (κ3) is 7.00. The maximum atomic E-state index is 11.3. The van der Waals surface area contributed by atoms with Gasteiger partial charge in [-0.2, -0.15) is 0 Å². The molecule has 1 unspecified atom stereocenters. The van der Waals surface area contributed by atoms with E-state index in [1.54, 1.807) is 0 Å². The summed E-state index contributed by atoms with van der Waals surface area (Å²) in [5.41, 5.74) is -0.425. The van der Waals surface area contributed by atoms with E-state index in [0.29, 0.717) is 12.6 Å². The topological polar surface area (TPSA) is 50.4 Å². The van der Waals surface area contributed by atoms with Gasteiger partial charge in [0.1, 0.15) is 5.60 Å². The normalized spacial score (nSPS) is 20.1. The van der Waals surface area contributed by atoms with Gasteiger partial charge in [-0.05, 0) is 40.0 Å². The first kappa shape index (κ1) is 14.0. The van der Waals surface area contributed by atoms with Crippen LogP contribution in [0.15, 0.2) is 12.2 Å². The Hall–Kier alpha value is -1.03. The molecule has 0 radical (unpaired) electrons. The van der Waals surface area contributed by atoms with Gasteiger partial charge in [-0.15, -0.1) is 0 Å². The number of alkyl carbamates (subject to hydrolysis) is 1. The zero-order valence-corrected chi connectivity index (χ0v) is 11.1. The van der Waals surface area contributed by atoms with Crippen molar-refractivity contribution < 1.29 is 9.53 Å². The third-order valence-corrected chi connectivity index (χ3v) is 2.50. The molecule has 1 rings (SSSR count). The maximum Gasteiger partial charge on any atom is 0.407 e. The van der Waals surface area contributed by atoms with Crippen LogP contribution in [0.4, 0.5) is 4.79 Å². The molecule has 2 N–H and O–H groups in total. The molecule has 4 nitrogen and oxygen atoms in total. The first-order valence-electron chi connectivity index (χ1n) is 6.32. The van der Waals surface area contributed by atoms with Crippen LogP contribution in [0.25, 0.3) is 0 Å². The van der Waals surface area contributed by atoms with E-state index in [-0.39, 0.29) is 6.09 Å². The fourth-order valence-electron chi connectivity index (χ4n) is 1.73. The number of hydrogen-bond donors (Lipinski definition) is 2. The van der Waals surface area contributed by atoms with E-state index in [0.717, 1.165) is 19.4 Å². The Morgan fingerprint density at radius 3 is 2.71 bits per heavy atom. The van der Waals surface area contributed by atoms with Crippen molar-refractivity contribution in [2.45, 2.75) is 51.7 Å². The van der Waals surface area contributed by atoms with Crippen molar-refractivity contribution in [2.75, 3.05) is 13.1 Å². The van der Waals surface area contributed by atoms with Crippen LogP contribution in [0.5, 0.6) is 0 Å². The number of ether oxygens (including phenoxy) is 1. The van der Waals surface area contributed by atoms with Gasteiger partial charge in [-0.3, -0.25) is 0 Å². The molecule has 98 valence electrons. The predicted molar refractivity (Wildman–Crippen MR) is 69.0 cm³/mol. The van der Waals surface area contributed by atoms with E-state index in [1.807, 2.05) is 20.8 Å². The van der Waals surface area contributed by atoms with Crippen molar-refractivity contribution in [3.05, 3.63) is 12.2 Å². The summed E-state index contributed by atoms with van der Waals surface area (Å²) >= 11 is 0. The van der Waals surface area contributed by atoms with Gasteiger partial charge in [-0.1, -0.05) is 12.2 Å². The summed E-state index contributed by atoms with van der Waals surface area (Å²) in [6, 6.07) is 0.556. The lowest BCUT2D eigenvalue weighted by molar-refractivity contribution is 0.0528. The van der Waals surface area contributed by atoms with Crippen molar-refractivity contribution in [2.24, 2.45) is 0 Å². The summed E-state index contributed by atoms with van der Waals surface area (Å²) < 4.78 is 5.14. The molecule has 0 aliphatic heterocycles. The fourth-order valence-corrected chi connectivity index (χ4v) is 1.73. The zero-order chi connectivity index (χ0) is 12.7. The molecule has 0 bridgehead atoms. The average Bonchev–Trinajstić information content (AvgIpc) is 2.23. The molecule has 0 aromatic heterocycles. The van der Waals surface area contributed by atoms with Gasteiger partial charge in [0.25, 0.3) is 0 Å². The smallest absolute Gasteiger partial charge is 0.407 e. The Morgan fingerprint density at radius 1 is 1.35 bits per heavy atom. The van der Waals surface area contributed by atoms with Gasteiger partial charge in [0, 0.05) is 19.1 Å². The second kappa shape index (κ2) is 6.64. The Morgan fingerprint density at radius 2 is 2.12 bits per heavy atom. The monoisotopic (exact) mass is 240 g/mol. The average molecular weight is 240 g/mol. The largest absolute Gasteiger partial charge is 0.444 e. The van der Waals surface area contributed by atoms with Crippen LogP contribution >= 0.6 is 0 Å². The minimum absolute atomic E-state index is 0.345. The lowest BCUT2D eigenvalue weighted by Crippen LogP contribution is -2.39. The van der Waals surface area contributed by atoms with Crippen LogP contribution in [0.2, 0.25) is 0 Å². The minimum Gasteiger partial charge on any atom is -0.444 e. The summed E-state index contributed by atoms with van der Waals surface area (Å²) in [6.45, 7) is 6.98. The maximum absolute atomic E-state index is 11.3. The second-order valence-corrected chi connectivity index (χ2v) is 5.36. The van der Waals surface area contributed by atoms with E-state index in [4.69, 9.17) is 4.74 Å². The van der Waals surface area contributed by atoms with Crippen LogP contribution in [0.1, 0.15) is 40.0 Å². The molecule has 0 spiro atoms. The van der Waals surface area contributed by atoms with Crippen molar-refractivity contribution in [1.82, 2.24) is 10.6 Å². The van der Waals surface area contributed by atoms with E-state index in [1.165, 1.54) is 6.42 Å². The zero-order valence-electron chi connectivity index (χ0n) is 11.1. The summed E-state index contributed by atoms with van der Waals surface area (Å²) in [6.07, 6.45) is 7.51. The quantitative estimate of drug-likeness (QED) is 0.585. The summed E-state index contributed by atoms with van der Waals surface area (Å²) in [5, 5.41) is 6.16. The van der Waals surface area contributed by atoms with Gasteiger partial charge < -0.3 is 15.4 Å². The molecule has 1 aliphatic carbocycles. The van der Waals surface area contributed by atoms with Crippen LogP contribution < -0.4 is 10.6 Å². The molecule has 4 heteroatoms. The minimum atomic E-state index is -0.425. The summed E-state index contributed by atoms with van der Waals surface area (Å²) in [4.78, 5) is 11.3. The molecule has 0 aromatic rings. The number of carbonyl (C=O) groups is 1. The molecular formula is C13H24N2O2. The molecule has 0 saturated heterocycles. The summed E-state index contributed by atoms with van der Waals surface area (Å²) in [5.74, 6) is 0. The molecule has 0 aromatic carbocycles. The highest BCUT2D eigenvalue weighted by Gasteiger charge is 2.15. The van der Waals surface area contributed by atoms with Crippen LogP contribution in [0.3, 0.4) is 0 Å². The highest BCUT2D eigenvalue weighted by molar-refractivity contribution is 5.67. The van der Waals surface area contributed by atoms with Crippen molar-refractivity contribution in [3.63, 3.8) is 0 Å². The highest BCUT2D eigenvalue weighted by Crippen LogP contribution is 2.09. The number of nitrogens with one attached hydrogen (secondary N) is 2. The molecule has 17 heavy (non-hydrogen) atoms. The van der Waals surface area contributed by atoms with Gasteiger partial charge in [0.05, 0.1) is 0 Å². The van der Waals surface area contributed by atoms with Crippen LogP contribution in [0, 0.1) is 0 Å². The van der Waals surface area contributed by atoms with Crippen LogP contribution in [-0.4, -0.2) is 30.8 Å². The third-order valence-electron chi connectivity index (χ3n) is 2.50. The van der Waals surface area contributed by atoms with Crippen molar-refractivity contribution in [1.29, 1.82) is 0 Å². The lowest BCUT2D eigenvalue weighted by atomic mass is 10.0. The second-order valence-electron chi connectivity index (χ2n) is 5.36. The Labute approximate surface area is 104 Å². The molecular weight excluding hydrogens is 216 g/mol. The van der Waals surface area contributed by atoms with Gasteiger partial charge in [-0.25, -0.2) is 4.79 Å². The number of hydrogen-bond acceptors (Lipinski definition) is 3. The Kier molecular flexibility index (Phi) is 5.48. The van der Waals surface area contributed by atoms with Gasteiger partial charge >= 0.3 is 6.09 Å². The molecule has 1 atom stereocenters. The number of allylic oxidation sites excluding steroid dienone is 1. The standard InChI is InChI=1S/C13H24N2O2/c1-13(2,3)17-12(16)15-10-9-14-11-7-5-4-6-8-11/h4-5,11,14H,6-10H2,1-3H3,(H,15,16). The molecule has 1 aliphatic rings. The highest BCUT2D eigenvalue weighted by atomic mass is 16.6. The van der Waals surface area contributed by atoms with E-state index in [9.17, 15) is 4.79 Å². The SMILES string of the molecule is CC(C)(C)OC(=O)NCCNC1CC=CCC1. The fraction of sp³-hybridized carbons (Fsp3) is 0.769. The van der Waals surface area contributed by atoms with Crippen molar-refractivity contribution in [3.8, 4) is 0 Å². The Bertz CT molecular complexity index is 269. The lowest BCUT2D eigenvalue weighted by Gasteiger charge is -2.21. The van der Waals surface area contributed by atoms with E-state index in [2.05, 4.69) is 22.8 Å². The van der Waals surface area contributed by atoms with Crippen LogP contribution in [-0.2, 0) is 4.74 Å². The summed E-state index contributed by atoms with van der Waals surface area (Å²) in [7, 11) is 0. The first-order chi connectivity index (χ1) is 7.97. The molecule has 1 amide bonds. The van der Waals surface area contributed by atoms with E-state index < -0.39 is 5.60 Å². The Balaban J connectivity index is 2.04. The van der Waals surface area contributed by atoms with Gasteiger partial charge in [0.2, 0.25) is 0 Å². The van der Waals surface area contributed by atoms with E-state index >= 15 is 0 Å². The molecule has 0 fully saturated rings. The molecule has 0 heterocycles. The number of amides is 1.